The van der Waals surface area contributed by atoms with Gasteiger partial charge in [-0.2, -0.15) is 0 Å². The summed E-state index contributed by atoms with van der Waals surface area (Å²) in [6.45, 7) is 0. The van der Waals surface area contributed by atoms with Crippen molar-refractivity contribution in [2.75, 3.05) is 7.11 Å². The SMILES string of the molecule is COC(=O)/C(O)=C/C(=O)CCc1ccccc1Br. The summed E-state index contributed by atoms with van der Waals surface area (Å²) < 4.78 is 5.21. The monoisotopic (exact) mass is 312 g/mol. The normalized spacial score (nSPS) is 11.1. The molecule has 0 aliphatic heterocycles. The second kappa shape index (κ2) is 6.96. The van der Waals surface area contributed by atoms with Gasteiger partial charge in [-0.3, -0.25) is 4.79 Å². The van der Waals surface area contributed by atoms with Crippen molar-refractivity contribution in [1.29, 1.82) is 0 Å². The zero-order valence-electron chi connectivity index (χ0n) is 9.85. The van der Waals surface area contributed by atoms with Crippen LogP contribution in [0.4, 0.5) is 0 Å². The third-order valence-electron chi connectivity index (χ3n) is 2.29. The molecule has 5 heteroatoms. The maximum Gasteiger partial charge on any atom is 0.373 e. The van der Waals surface area contributed by atoms with Crippen LogP contribution in [-0.2, 0) is 20.7 Å². The van der Waals surface area contributed by atoms with Gasteiger partial charge in [-0.1, -0.05) is 34.1 Å². The molecule has 1 aromatic carbocycles. The number of carbonyl (C=O) groups is 2. The van der Waals surface area contributed by atoms with Gasteiger partial charge >= 0.3 is 5.97 Å². The van der Waals surface area contributed by atoms with Crippen LogP contribution in [0.2, 0.25) is 0 Å². The number of rotatable bonds is 5. The first-order valence-electron chi connectivity index (χ1n) is 5.30. The largest absolute Gasteiger partial charge is 0.502 e. The van der Waals surface area contributed by atoms with E-state index in [0.29, 0.717) is 6.42 Å². The molecule has 0 heterocycles. The van der Waals surface area contributed by atoms with Gasteiger partial charge < -0.3 is 9.84 Å². The Morgan fingerprint density at radius 3 is 2.67 bits per heavy atom. The van der Waals surface area contributed by atoms with Crippen LogP contribution < -0.4 is 0 Å². The van der Waals surface area contributed by atoms with Crippen molar-refractivity contribution in [2.45, 2.75) is 12.8 Å². The fraction of sp³-hybridized carbons (Fsp3) is 0.231. The number of hydrogen-bond donors (Lipinski definition) is 1. The van der Waals surface area contributed by atoms with E-state index < -0.39 is 11.7 Å². The van der Waals surface area contributed by atoms with Gasteiger partial charge in [0, 0.05) is 17.0 Å². The molecule has 0 aromatic heterocycles. The molecular formula is C13H13BrO4. The van der Waals surface area contributed by atoms with E-state index in [4.69, 9.17) is 0 Å². The number of benzene rings is 1. The summed E-state index contributed by atoms with van der Waals surface area (Å²) in [4.78, 5) is 22.4. The first-order valence-corrected chi connectivity index (χ1v) is 6.09. The minimum Gasteiger partial charge on any atom is -0.502 e. The highest BCUT2D eigenvalue weighted by Crippen LogP contribution is 2.17. The van der Waals surface area contributed by atoms with Crippen molar-refractivity contribution in [3.63, 3.8) is 0 Å². The second-order valence-corrected chi connectivity index (χ2v) is 4.43. The molecular weight excluding hydrogens is 300 g/mol. The number of allylic oxidation sites excluding steroid dienone is 1. The molecule has 18 heavy (non-hydrogen) atoms. The van der Waals surface area contributed by atoms with Gasteiger partial charge in [0.15, 0.2) is 5.78 Å². The topological polar surface area (TPSA) is 63.6 Å². The Bertz CT molecular complexity index is 480. The quantitative estimate of drug-likeness (QED) is 0.515. The summed E-state index contributed by atoms with van der Waals surface area (Å²) in [5.74, 6) is -1.91. The van der Waals surface area contributed by atoms with Gasteiger partial charge in [0.1, 0.15) is 0 Å². The number of aliphatic hydroxyl groups is 1. The lowest BCUT2D eigenvalue weighted by Gasteiger charge is -2.02. The van der Waals surface area contributed by atoms with E-state index in [1.54, 1.807) is 0 Å². The minimum absolute atomic E-state index is 0.212. The van der Waals surface area contributed by atoms with Crippen LogP contribution in [0.15, 0.2) is 40.6 Å². The molecule has 96 valence electrons. The van der Waals surface area contributed by atoms with Crippen LogP contribution in [0.25, 0.3) is 0 Å². The molecule has 1 aromatic rings. The number of aryl methyl sites for hydroxylation is 1. The predicted octanol–water partition coefficient (Wildman–Crippen LogP) is 2.57. The molecule has 0 fully saturated rings. The molecule has 1 rings (SSSR count). The van der Waals surface area contributed by atoms with E-state index in [-0.39, 0.29) is 12.2 Å². The van der Waals surface area contributed by atoms with E-state index >= 15 is 0 Å². The van der Waals surface area contributed by atoms with Crippen molar-refractivity contribution < 1.29 is 19.4 Å². The predicted molar refractivity (Wildman–Crippen MR) is 70.2 cm³/mol. The molecule has 0 amide bonds. The van der Waals surface area contributed by atoms with Crippen molar-refractivity contribution in [3.05, 3.63) is 46.1 Å². The number of ether oxygens (including phenoxy) is 1. The maximum absolute atomic E-state index is 11.5. The number of carbonyl (C=O) groups excluding carboxylic acids is 2. The molecule has 0 atom stereocenters. The van der Waals surface area contributed by atoms with Gasteiger partial charge in [-0.05, 0) is 18.1 Å². The number of esters is 1. The van der Waals surface area contributed by atoms with E-state index in [0.717, 1.165) is 23.2 Å². The van der Waals surface area contributed by atoms with E-state index in [9.17, 15) is 14.7 Å². The first kappa shape index (κ1) is 14.4. The Morgan fingerprint density at radius 1 is 1.39 bits per heavy atom. The highest BCUT2D eigenvalue weighted by atomic mass is 79.9. The summed E-state index contributed by atoms with van der Waals surface area (Å²) in [6, 6.07) is 7.56. The third kappa shape index (κ3) is 4.33. The van der Waals surface area contributed by atoms with Crippen LogP contribution >= 0.6 is 15.9 Å². The molecule has 0 aliphatic carbocycles. The van der Waals surface area contributed by atoms with Crippen molar-refractivity contribution in [1.82, 2.24) is 0 Å². The van der Waals surface area contributed by atoms with Gasteiger partial charge in [0.25, 0.3) is 0 Å². The smallest absolute Gasteiger partial charge is 0.373 e. The van der Waals surface area contributed by atoms with Crippen LogP contribution in [0, 0.1) is 0 Å². The highest BCUT2D eigenvalue weighted by molar-refractivity contribution is 9.10. The third-order valence-corrected chi connectivity index (χ3v) is 3.06. The van der Waals surface area contributed by atoms with Crippen LogP contribution in [0.3, 0.4) is 0 Å². The fourth-order valence-electron chi connectivity index (χ4n) is 1.35. The number of ketones is 1. The van der Waals surface area contributed by atoms with Crippen molar-refractivity contribution >= 4 is 27.7 Å². The van der Waals surface area contributed by atoms with Crippen molar-refractivity contribution in [3.8, 4) is 0 Å². The average molecular weight is 313 g/mol. The fourth-order valence-corrected chi connectivity index (χ4v) is 1.83. The Balaban J connectivity index is 2.57. The van der Waals surface area contributed by atoms with Gasteiger partial charge in [-0.15, -0.1) is 0 Å². The van der Waals surface area contributed by atoms with Crippen LogP contribution in [0.1, 0.15) is 12.0 Å². The molecule has 4 nitrogen and oxygen atoms in total. The standard InChI is InChI=1S/C13H13BrO4/c1-18-13(17)12(16)8-10(15)7-6-9-4-2-3-5-11(9)14/h2-5,8,16H,6-7H2,1H3/b12-8-. The molecule has 0 radical (unpaired) electrons. The van der Waals surface area contributed by atoms with Gasteiger partial charge in [0.2, 0.25) is 5.76 Å². The lowest BCUT2D eigenvalue weighted by Crippen LogP contribution is -2.07. The Hall–Kier alpha value is -1.62. The zero-order valence-corrected chi connectivity index (χ0v) is 11.4. The molecule has 0 saturated carbocycles. The summed E-state index contributed by atoms with van der Waals surface area (Å²) in [5, 5.41) is 9.20. The van der Waals surface area contributed by atoms with E-state index in [1.165, 1.54) is 0 Å². The molecule has 1 N–H and O–H groups in total. The second-order valence-electron chi connectivity index (χ2n) is 3.58. The summed E-state index contributed by atoms with van der Waals surface area (Å²) >= 11 is 3.38. The van der Waals surface area contributed by atoms with Crippen LogP contribution in [0.5, 0.6) is 0 Å². The Kier molecular flexibility index (Phi) is 5.58. The Morgan fingerprint density at radius 2 is 2.06 bits per heavy atom. The molecule has 0 aliphatic rings. The lowest BCUT2D eigenvalue weighted by atomic mass is 10.1. The molecule has 0 unspecified atom stereocenters. The highest BCUT2D eigenvalue weighted by Gasteiger charge is 2.10. The maximum atomic E-state index is 11.5. The first-order chi connectivity index (χ1) is 8.54. The molecule has 0 spiro atoms. The number of hydrogen-bond acceptors (Lipinski definition) is 4. The molecule has 0 saturated heterocycles. The number of aliphatic hydroxyl groups excluding tert-OH is 1. The van der Waals surface area contributed by atoms with Crippen molar-refractivity contribution in [2.24, 2.45) is 0 Å². The van der Waals surface area contributed by atoms with E-state index in [2.05, 4.69) is 20.7 Å². The minimum atomic E-state index is -0.913. The van der Waals surface area contributed by atoms with Crippen LogP contribution in [-0.4, -0.2) is 24.0 Å². The number of halogens is 1. The summed E-state index contributed by atoms with van der Waals surface area (Å²) in [7, 11) is 1.14. The summed E-state index contributed by atoms with van der Waals surface area (Å²) in [5.41, 5.74) is 0.997. The number of methoxy groups -OCH3 is 1. The Labute approximate surface area is 113 Å². The lowest BCUT2D eigenvalue weighted by molar-refractivity contribution is -0.139. The zero-order chi connectivity index (χ0) is 13.5. The van der Waals surface area contributed by atoms with E-state index in [1.807, 2.05) is 24.3 Å². The van der Waals surface area contributed by atoms with Gasteiger partial charge in [0.05, 0.1) is 7.11 Å². The average Bonchev–Trinajstić information content (AvgIpc) is 2.36. The van der Waals surface area contributed by atoms with Gasteiger partial charge in [-0.25, -0.2) is 4.79 Å². The summed E-state index contributed by atoms with van der Waals surface area (Å²) in [6.07, 6.45) is 1.64. The molecule has 0 bridgehead atoms.